The van der Waals surface area contributed by atoms with Crippen LogP contribution >= 0.6 is 0 Å². The molecule has 0 aromatic rings. The summed E-state index contributed by atoms with van der Waals surface area (Å²) in [6, 6.07) is 0. The second-order valence-electron chi connectivity index (χ2n) is 7.35. The summed E-state index contributed by atoms with van der Waals surface area (Å²) >= 11 is 0. The molecule has 0 aromatic heterocycles. The Bertz CT molecular complexity index is 490. The molecule has 0 nitrogen and oxygen atoms in total. The first-order chi connectivity index (χ1) is 12.2. The Balaban J connectivity index is 0.000000202. The first-order valence-corrected chi connectivity index (χ1v) is 9.96. The molecule has 0 spiro atoms. The van der Waals surface area contributed by atoms with Crippen molar-refractivity contribution in [3.05, 3.63) is 74.4 Å². The van der Waals surface area contributed by atoms with Crippen LogP contribution in [-0.4, -0.2) is 0 Å². The second kappa shape index (κ2) is 11.9. The Morgan fingerprint density at radius 3 is 2.04 bits per heavy atom. The van der Waals surface area contributed by atoms with E-state index in [2.05, 4.69) is 69.7 Å². The summed E-state index contributed by atoms with van der Waals surface area (Å²) in [5, 5.41) is 0. The average Bonchev–Trinajstić information content (AvgIpc) is 3.43. The van der Waals surface area contributed by atoms with Gasteiger partial charge >= 0.3 is 0 Å². The van der Waals surface area contributed by atoms with E-state index in [1.807, 2.05) is 6.92 Å². The molecule has 0 N–H and O–H groups in total. The van der Waals surface area contributed by atoms with E-state index in [-0.39, 0.29) is 0 Å². The predicted molar refractivity (Wildman–Crippen MR) is 115 cm³/mol. The SMILES string of the molecule is C=C.C=CC.C=CC1CC2C=CC1C2.CCCC=C1CC2C=CC1C2. The molecular weight excluding hydrogens is 300 g/mol. The monoisotopic (exact) mass is 338 g/mol. The van der Waals surface area contributed by atoms with E-state index >= 15 is 0 Å². The minimum atomic E-state index is 0.806. The normalized spacial score (nSPS) is 33.7. The molecule has 5 atom stereocenters. The number of fused-ring (bicyclic) bond motifs is 4. The molecule has 4 rings (SSSR count). The molecule has 4 aliphatic rings. The zero-order valence-electron chi connectivity index (χ0n) is 16.5. The summed E-state index contributed by atoms with van der Waals surface area (Å²) in [6.45, 7) is 17.3. The largest absolute Gasteiger partial charge is 0.106 e. The number of hydrogen-bond acceptors (Lipinski definition) is 0. The summed E-state index contributed by atoms with van der Waals surface area (Å²) in [6.07, 6.45) is 24.0. The molecule has 2 saturated carbocycles. The average molecular weight is 339 g/mol. The van der Waals surface area contributed by atoms with Crippen molar-refractivity contribution in [1.29, 1.82) is 0 Å². The van der Waals surface area contributed by atoms with Crippen molar-refractivity contribution >= 4 is 0 Å². The van der Waals surface area contributed by atoms with Gasteiger partial charge in [0.05, 0.1) is 0 Å². The lowest BCUT2D eigenvalue weighted by molar-refractivity contribution is 0.551. The molecule has 4 aliphatic carbocycles. The topological polar surface area (TPSA) is 0 Å². The lowest BCUT2D eigenvalue weighted by atomic mass is 9.94. The second-order valence-corrected chi connectivity index (χ2v) is 7.35. The lowest BCUT2D eigenvalue weighted by Crippen LogP contribution is -2.01. The molecule has 2 fully saturated rings. The summed E-state index contributed by atoms with van der Waals surface area (Å²) in [5.74, 6) is 4.31. The van der Waals surface area contributed by atoms with Crippen LogP contribution in [0.1, 0.15) is 52.4 Å². The van der Waals surface area contributed by atoms with E-state index in [1.54, 1.807) is 11.6 Å². The highest BCUT2D eigenvalue weighted by molar-refractivity contribution is 5.26. The van der Waals surface area contributed by atoms with Gasteiger partial charge in [-0.05, 0) is 68.6 Å². The van der Waals surface area contributed by atoms with Crippen LogP contribution in [0.25, 0.3) is 0 Å². The van der Waals surface area contributed by atoms with E-state index < -0.39 is 0 Å². The fourth-order valence-corrected chi connectivity index (χ4v) is 4.31. The highest BCUT2D eigenvalue weighted by Gasteiger charge is 2.33. The number of hydrogen-bond donors (Lipinski definition) is 0. The summed E-state index contributed by atoms with van der Waals surface area (Å²) in [7, 11) is 0. The van der Waals surface area contributed by atoms with E-state index in [1.165, 1.54) is 38.5 Å². The van der Waals surface area contributed by atoms with Crippen LogP contribution in [0.2, 0.25) is 0 Å². The molecule has 5 unspecified atom stereocenters. The van der Waals surface area contributed by atoms with Crippen LogP contribution in [0.3, 0.4) is 0 Å². The summed E-state index contributed by atoms with van der Waals surface area (Å²) in [5.41, 5.74) is 1.72. The Hall–Kier alpha value is -1.56. The van der Waals surface area contributed by atoms with Crippen molar-refractivity contribution in [3.8, 4) is 0 Å². The summed E-state index contributed by atoms with van der Waals surface area (Å²) < 4.78 is 0. The van der Waals surface area contributed by atoms with Gasteiger partial charge in [0.2, 0.25) is 0 Å². The van der Waals surface area contributed by atoms with E-state index in [9.17, 15) is 0 Å². The van der Waals surface area contributed by atoms with Crippen molar-refractivity contribution in [2.45, 2.75) is 52.4 Å². The molecule has 0 aliphatic heterocycles. The third-order valence-electron chi connectivity index (χ3n) is 5.47. The maximum absolute atomic E-state index is 3.83. The van der Waals surface area contributed by atoms with Crippen molar-refractivity contribution in [1.82, 2.24) is 0 Å². The molecule has 138 valence electrons. The number of allylic oxidation sites excluding steroid dienone is 8. The van der Waals surface area contributed by atoms with Gasteiger partial charge < -0.3 is 0 Å². The van der Waals surface area contributed by atoms with Crippen molar-refractivity contribution in [2.75, 3.05) is 0 Å². The van der Waals surface area contributed by atoms with Gasteiger partial charge in [-0.1, -0.05) is 61.4 Å². The molecular formula is C25H38. The van der Waals surface area contributed by atoms with Gasteiger partial charge in [-0.2, -0.15) is 0 Å². The van der Waals surface area contributed by atoms with Crippen LogP contribution in [-0.2, 0) is 0 Å². The molecule has 0 heterocycles. The van der Waals surface area contributed by atoms with Crippen LogP contribution in [0.4, 0.5) is 0 Å². The Morgan fingerprint density at radius 2 is 1.68 bits per heavy atom. The Morgan fingerprint density at radius 1 is 1.00 bits per heavy atom. The smallest absolute Gasteiger partial charge is 0.00173 e. The minimum absolute atomic E-state index is 0.806. The third kappa shape index (κ3) is 6.34. The zero-order valence-corrected chi connectivity index (χ0v) is 16.5. The Labute approximate surface area is 156 Å². The van der Waals surface area contributed by atoms with Gasteiger partial charge in [-0.15, -0.1) is 26.3 Å². The van der Waals surface area contributed by atoms with Gasteiger partial charge in [-0.25, -0.2) is 0 Å². The van der Waals surface area contributed by atoms with Crippen molar-refractivity contribution in [2.24, 2.45) is 29.6 Å². The van der Waals surface area contributed by atoms with Crippen molar-refractivity contribution in [3.63, 3.8) is 0 Å². The highest BCUT2D eigenvalue weighted by atomic mass is 14.4. The maximum Gasteiger partial charge on any atom is -0.00173 e. The van der Waals surface area contributed by atoms with Gasteiger partial charge in [0, 0.05) is 0 Å². The third-order valence-corrected chi connectivity index (χ3v) is 5.47. The number of unbranched alkanes of at least 4 members (excludes halogenated alkanes) is 1. The molecule has 0 amide bonds. The van der Waals surface area contributed by atoms with Gasteiger partial charge in [0.1, 0.15) is 0 Å². The predicted octanol–water partition coefficient (Wildman–Crippen LogP) is 7.69. The van der Waals surface area contributed by atoms with Crippen LogP contribution in [0, 0.1) is 29.6 Å². The molecule has 0 heteroatoms. The first-order valence-electron chi connectivity index (χ1n) is 9.96. The molecule has 0 saturated heterocycles. The first kappa shape index (κ1) is 21.5. The van der Waals surface area contributed by atoms with Gasteiger partial charge in [-0.3, -0.25) is 0 Å². The molecule has 0 aromatic carbocycles. The van der Waals surface area contributed by atoms with Crippen LogP contribution in [0.15, 0.2) is 74.4 Å². The van der Waals surface area contributed by atoms with Crippen LogP contribution < -0.4 is 0 Å². The number of rotatable bonds is 3. The maximum atomic E-state index is 3.83. The fourth-order valence-electron chi connectivity index (χ4n) is 4.31. The van der Waals surface area contributed by atoms with E-state index in [4.69, 9.17) is 0 Å². The minimum Gasteiger partial charge on any atom is -0.106 e. The molecule has 4 bridgehead atoms. The van der Waals surface area contributed by atoms with E-state index in [0.717, 1.165) is 29.6 Å². The summed E-state index contributed by atoms with van der Waals surface area (Å²) in [4.78, 5) is 0. The molecule has 25 heavy (non-hydrogen) atoms. The lowest BCUT2D eigenvalue weighted by Gasteiger charge is -2.11. The van der Waals surface area contributed by atoms with Crippen LogP contribution in [0.5, 0.6) is 0 Å². The van der Waals surface area contributed by atoms with Crippen molar-refractivity contribution < 1.29 is 0 Å². The molecule has 0 radical (unpaired) electrons. The Kier molecular flexibility index (Phi) is 10.2. The quantitative estimate of drug-likeness (QED) is 0.463. The van der Waals surface area contributed by atoms with E-state index in [0.29, 0.717) is 0 Å². The highest BCUT2D eigenvalue weighted by Crippen LogP contribution is 2.44. The standard InChI is InChI=1S/C11H16.C9H12.C3H6.C2H4/c1-2-3-4-10-7-9-5-6-11(10)8-9;1-2-8-5-7-3-4-9(8)6-7;1-3-2;1-2/h4-6,9,11H,2-3,7-8H2,1H3;2-4,7-9H,1,5-6H2;3H,1H2,2H3;1-2H2. The fraction of sp³-hybridized carbons (Fsp3) is 0.520. The van der Waals surface area contributed by atoms with Gasteiger partial charge in [0.15, 0.2) is 0 Å². The zero-order chi connectivity index (χ0) is 18.7. The van der Waals surface area contributed by atoms with Gasteiger partial charge in [0.25, 0.3) is 0 Å².